The molecule has 0 saturated carbocycles. The summed E-state index contributed by atoms with van der Waals surface area (Å²) in [5.74, 6) is 0. The van der Waals surface area contributed by atoms with Crippen LogP contribution in [0.1, 0.15) is 12.0 Å². The van der Waals surface area contributed by atoms with E-state index in [0.717, 1.165) is 12.1 Å². The summed E-state index contributed by atoms with van der Waals surface area (Å²) in [4.78, 5) is 9.19. The maximum atomic E-state index is 12.4. The van der Waals surface area contributed by atoms with Gasteiger partial charge in [0.05, 0.1) is 0 Å². The molecule has 0 aliphatic carbocycles. The molecule has 0 atom stereocenters. The third-order valence-corrected chi connectivity index (χ3v) is 3.74. The molecule has 9 heteroatoms. The van der Waals surface area contributed by atoms with Crippen LogP contribution in [-0.2, 0) is 11.2 Å². The summed E-state index contributed by atoms with van der Waals surface area (Å²) in [5.41, 5.74) is -8.95. The number of halogens is 6. The van der Waals surface area contributed by atoms with Crippen molar-refractivity contribution in [1.82, 2.24) is 0 Å². The molecule has 1 rings (SSSR count). The monoisotopic (exact) mass is 334 g/mol. The van der Waals surface area contributed by atoms with Crippen molar-refractivity contribution in [2.75, 3.05) is 0 Å². The van der Waals surface area contributed by atoms with E-state index in [0.29, 0.717) is 11.8 Å². The van der Waals surface area contributed by atoms with E-state index in [9.17, 15) is 31.1 Å². The third kappa shape index (κ3) is 6.56. The van der Waals surface area contributed by atoms with Crippen molar-refractivity contribution in [1.29, 1.82) is 0 Å². The van der Waals surface area contributed by atoms with E-state index in [1.807, 2.05) is 0 Å². The lowest BCUT2D eigenvalue weighted by molar-refractivity contribution is -0.107. The van der Waals surface area contributed by atoms with Crippen LogP contribution in [0.15, 0.2) is 28.0 Å². The summed E-state index contributed by atoms with van der Waals surface area (Å²) >= 11 is -1.18. The first kappa shape index (κ1) is 17.2. The lowest BCUT2D eigenvalue weighted by atomic mass is 10.1. The third-order valence-electron chi connectivity index (χ3n) is 2.01. The second-order valence-corrected chi connectivity index (χ2v) is 5.80. The number of aryl methyl sites for hydroxylation is 1. The van der Waals surface area contributed by atoms with Crippen LogP contribution >= 0.6 is 23.5 Å². The second-order valence-electron chi connectivity index (χ2n) is 3.58. The highest BCUT2D eigenvalue weighted by Gasteiger charge is 2.34. The van der Waals surface area contributed by atoms with Gasteiger partial charge in [0.15, 0.2) is 0 Å². The molecule has 1 nitrogen and oxygen atoms in total. The molecule has 0 unspecified atom stereocenters. The van der Waals surface area contributed by atoms with Gasteiger partial charge >= 0.3 is 11.0 Å². The lowest BCUT2D eigenvalue weighted by Gasteiger charge is -2.13. The molecule has 1 aromatic carbocycles. The van der Waals surface area contributed by atoms with Crippen molar-refractivity contribution in [2.24, 2.45) is 0 Å². The maximum Gasteiger partial charge on any atom is 0.446 e. The minimum absolute atomic E-state index is 0.0991. The van der Waals surface area contributed by atoms with Gasteiger partial charge in [-0.25, -0.2) is 0 Å². The van der Waals surface area contributed by atoms with E-state index in [1.54, 1.807) is 0 Å². The summed E-state index contributed by atoms with van der Waals surface area (Å²) in [7, 11) is 0. The molecule has 112 valence electrons. The van der Waals surface area contributed by atoms with Gasteiger partial charge in [0.25, 0.3) is 0 Å². The Morgan fingerprint density at radius 1 is 0.950 bits per heavy atom. The summed E-state index contributed by atoms with van der Waals surface area (Å²) < 4.78 is 73.9. The average Bonchev–Trinajstić information content (AvgIpc) is 2.25. The van der Waals surface area contributed by atoms with Gasteiger partial charge in [-0.15, -0.1) is 0 Å². The van der Waals surface area contributed by atoms with E-state index >= 15 is 0 Å². The SMILES string of the molecule is O=CCCc1ccc(SC(F)(F)F)c(SC(F)(F)F)c1. The number of carbonyl (C=O) groups excluding carboxylic acids is 1. The predicted molar refractivity (Wildman–Crippen MR) is 64.7 cm³/mol. The van der Waals surface area contributed by atoms with Crippen LogP contribution in [0.3, 0.4) is 0 Å². The molecule has 0 fully saturated rings. The molecular weight excluding hydrogens is 326 g/mol. The molecule has 0 radical (unpaired) electrons. The molecule has 0 saturated heterocycles. The Kier molecular flexibility index (Phi) is 5.81. The largest absolute Gasteiger partial charge is 0.446 e. The van der Waals surface area contributed by atoms with Gasteiger partial charge in [-0.3, -0.25) is 0 Å². The summed E-state index contributed by atoms with van der Waals surface area (Å²) in [5, 5.41) is 0. The fraction of sp³-hybridized carbons (Fsp3) is 0.364. The Hall–Kier alpha value is -0.830. The van der Waals surface area contributed by atoms with E-state index in [2.05, 4.69) is 0 Å². The Labute approximate surface area is 119 Å². The Morgan fingerprint density at radius 3 is 2.00 bits per heavy atom. The normalized spacial score (nSPS) is 12.5. The topological polar surface area (TPSA) is 17.1 Å². The number of aldehydes is 1. The number of thioether (sulfide) groups is 2. The molecule has 1 aromatic rings. The fourth-order valence-electron chi connectivity index (χ4n) is 1.35. The first-order chi connectivity index (χ1) is 9.11. The van der Waals surface area contributed by atoms with E-state index in [4.69, 9.17) is 0 Å². The van der Waals surface area contributed by atoms with Gasteiger partial charge in [0, 0.05) is 16.2 Å². The number of hydrogen-bond donors (Lipinski definition) is 0. The van der Waals surface area contributed by atoms with Gasteiger partial charge in [-0.05, 0) is 47.6 Å². The zero-order valence-electron chi connectivity index (χ0n) is 9.72. The zero-order chi connectivity index (χ0) is 15.4. The van der Waals surface area contributed by atoms with E-state index in [1.165, 1.54) is 6.07 Å². The van der Waals surface area contributed by atoms with Crippen LogP contribution in [0, 0.1) is 0 Å². The molecule has 0 aliphatic heterocycles. The van der Waals surface area contributed by atoms with Crippen molar-refractivity contribution in [3.63, 3.8) is 0 Å². The highest BCUT2D eigenvalue weighted by molar-refractivity contribution is 8.03. The van der Waals surface area contributed by atoms with Gasteiger partial charge in [0.1, 0.15) is 6.29 Å². The number of hydrogen-bond acceptors (Lipinski definition) is 3. The van der Waals surface area contributed by atoms with Crippen molar-refractivity contribution in [3.05, 3.63) is 23.8 Å². The highest BCUT2D eigenvalue weighted by atomic mass is 32.2. The number of benzene rings is 1. The van der Waals surface area contributed by atoms with Crippen molar-refractivity contribution < 1.29 is 31.1 Å². The maximum absolute atomic E-state index is 12.4. The smallest absolute Gasteiger partial charge is 0.303 e. The van der Waals surface area contributed by atoms with Crippen LogP contribution in [0.2, 0.25) is 0 Å². The van der Waals surface area contributed by atoms with Gasteiger partial charge in [0.2, 0.25) is 0 Å². The second kappa shape index (κ2) is 6.75. The van der Waals surface area contributed by atoms with Crippen LogP contribution in [0.5, 0.6) is 0 Å². The predicted octanol–water partition coefficient (Wildman–Crippen LogP) is 5.04. The minimum Gasteiger partial charge on any atom is -0.303 e. The van der Waals surface area contributed by atoms with Gasteiger partial charge < -0.3 is 4.79 Å². The molecule has 0 amide bonds. The molecule has 0 aromatic heterocycles. The van der Waals surface area contributed by atoms with E-state index < -0.39 is 44.3 Å². The Bertz CT molecular complexity index is 469. The summed E-state index contributed by atoms with van der Waals surface area (Å²) in [6, 6.07) is 3.32. The standard InChI is InChI=1S/C11H8F6OS2/c12-10(13,14)19-8-4-3-7(2-1-5-18)6-9(8)20-11(15,16)17/h3-6H,1-2H2. The first-order valence-electron chi connectivity index (χ1n) is 5.19. The number of carbonyl (C=O) groups is 1. The van der Waals surface area contributed by atoms with Crippen molar-refractivity contribution in [2.45, 2.75) is 33.6 Å². The molecule has 0 heterocycles. The molecule has 0 bridgehead atoms. The van der Waals surface area contributed by atoms with Crippen molar-refractivity contribution >= 4 is 29.8 Å². The quantitative estimate of drug-likeness (QED) is 0.426. The number of alkyl halides is 6. The van der Waals surface area contributed by atoms with Crippen LogP contribution in [0.4, 0.5) is 26.3 Å². The average molecular weight is 334 g/mol. The van der Waals surface area contributed by atoms with E-state index in [-0.39, 0.29) is 12.8 Å². The Balaban J connectivity index is 3.06. The summed E-state index contributed by atoms with van der Waals surface area (Å²) in [6.45, 7) is 0. The first-order valence-corrected chi connectivity index (χ1v) is 6.82. The lowest BCUT2D eigenvalue weighted by Crippen LogP contribution is -2.04. The molecule has 20 heavy (non-hydrogen) atoms. The molecule has 0 N–H and O–H groups in total. The molecular formula is C11H8F6OS2. The molecule has 0 spiro atoms. The van der Waals surface area contributed by atoms with Gasteiger partial charge in [-0.1, -0.05) is 6.07 Å². The zero-order valence-corrected chi connectivity index (χ0v) is 11.3. The van der Waals surface area contributed by atoms with Crippen LogP contribution < -0.4 is 0 Å². The van der Waals surface area contributed by atoms with Crippen LogP contribution in [0.25, 0.3) is 0 Å². The van der Waals surface area contributed by atoms with Crippen LogP contribution in [-0.4, -0.2) is 17.3 Å². The minimum atomic E-state index is -4.68. The number of rotatable bonds is 5. The molecule has 0 aliphatic rings. The Morgan fingerprint density at radius 2 is 1.50 bits per heavy atom. The fourth-order valence-corrected chi connectivity index (χ4v) is 2.77. The van der Waals surface area contributed by atoms with Crippen molar-refractivity contribution in [3.8, 4) is 0 Å². The summed E-state index contributed by atoms with van der Waals surface area (Å²) in [6.07, 6.45) is 0.878. The highest BCUT2D eigenvalue weighted by Crippen LogP contribution is 2.46. The van der Waals surface area contributed by atoms with Gasteiger partial charge in [-0.2, -0.15) is 26.3 Å².